The van der Waals surface area contributed by atoms with Gasteiger partial charge in [-0.1, -0.05) is 23.7 Å². The largest absolute Gasteiger partial charge is 0.506 e. The van der Waals surface area contributed by atoms with Crippen LogP contribution in [0.5, 0.6) is 5.75 Å². The number of anilines is 1. The van der Waals surface area contributed by atoms with Crippen molar-refractivity contribution in [1.29, 1.82) is 0 Å². The Morgan fingerprint density at radius 3 is 2.84 bits per heavy atom. The third-order valence-corrected chi connectivity index (χ3v) is 4.27. The van der Waals surface area contributed by atoms with Gasteiger partial charge in [0.25, 0.3) is 0 Å². The zero-order chi connectivity index (χ0) is 17.2. The second-order valence-corrected chi connectivity index (χ2v) is 6.04. The molecule has 0 spiro atoms. The van der Waals surface area contributed by atoms with Crippen molar-refractivity contribution >= 4 is 28.5 Å². The van der Waals surface area contributed by atoms with Crippen LogP contribution in [0.25, 0.3) is 22.2 Å². The van der Waals surface area contributed by atoms with Crippen molar-refractivity contribution < 1.29 is 5.11 Å². The van der Waals surface area contributed by atoms with E-state index in [1.54, 1.807) is 18.3 Å². The Balaban J connectivity index is 1.73. The fourth-order valence-electron chi connectivity index (χ4n) is 2.73. The lowest BCUT2D eigenvalue weighted by atomic mass is 10.0. The summed E-state index contributed by atoms with van der Waals surface area (Å²) in [5.41, 5.74) is 3.61. The van der Waals surface area contributed by atoms with Gasteiger partial charge in [-0.15, -0.1) is 0 Å². The molecule has 0 unspecified atom stereocenters. The van der Waals surface area contributed by atoms with Crippen LogP contribution in [0.15, 0.2) is 60.9 Å². The van der Waals surface area contributed by atoms with Crippen LogP contribution in [0.2, 0.25) is 5.02 Å². The monoisotopic (exact) mass is 350 g/mol. The predicted molar refractivity (Wildman–Crippen MR) is 99.8 cm³/mol. The molecule has 1 aromatic carbocycles. The average Bonchev–Trinajstić information content (AvgIpc) is 3.11. The van der Waals surface area contributed by atoms with Crippen LogP contribution < -0.4 is 5.32 Å². The molecule has 25 heavy (non-hydrogen) atoms. The Bertz CT molecular complexity index is 1030. The van der Waals surface area contributed by atoms with Gasteiger partial charge in [-0.05, 0) is 47.5 Å². The van der Waals surface area contributed by atoms with E-state index in [-0.39, 0.29) is 5.75 Å². The van der Waals surface area contributed by atoms with E-state index >= 15 is 0 Å². The van der Waals surface area contributed by atoms with Gasteiger partial charge in [0.1, 0.15) is 17.2 Å². The van der Waals surface area contributed by atoms with Crippen molar-refractivity contribution in [2.75, 3.05) is 5.32 Å². The Morgan fingerprint density at radius 1 is 1.12 bits per heavy atom. The number of nitrogens with one attached hydrogen (secondary N) is 2. The molecule has 3 aromatic heterocycles. The van der Waals surface area contributed by atoms with Gasteiger partial charge in [-0.3, -0.25) is 4.98 Å². The molecule has 124 valence electrons. The van der Waals surface area contributed by atoms with Gasteiger partial charge in [0.05, 0.1) is 17.3 Å². The molecule has 0 aliphatic heterocycles. The summed E-state index contributed by atoms with van der Waals surface area (Å²) in [6.45, 7) is 0.579. The maximum atomic E-state index is 9.66. The van der Waals surface area contributed by atoms with Crippen LogP contribution in [0.3, 0.4) is 0 Å². The molecular formula is C19H15ClN4O. The summed E-state index contributed by atoms with van der Waals surface area (Å²) in [4.78, 5) is 12.0. The van der Waals surface area contributed by atoms with Crippen LogP contribution in [0, 0.1) is 0 Å². The summed E-state index contributed by atoms with van der Waals surface area (Å²) < 4.78 is 0. The lowest BCUT2D eigenvalue weighted by Gasteiger charge is -2.10. The zero-order valence-corrected chi connectivity index (χ0v) is 14.0. The molecule has 0 aliphatic rings. The van der Waals surface area contributed by atoms with Crippen LogP contribution in [-0.4, -0.2) is 20.1 Å². The first-order valence-corrected chi connectivity index (χ1v) is 8.19. The van der Waals surface area contributed by atoms with Crippen LogP contribution >= 0.6 is 11.6 Å². The first-order valence-electron chi connectivity index (χ1n) is 7.81. The highest BCUT2D eigenvalue weighted by atomic mass is 35.5. The molecular weight excluding hydrogens is 336 g/mol. The highest BCUT2D eigenvalue weighted by Crippen LogP contribution is 2.34. The highest BCUT2D eigenvalue weighted by Gasteiger charge is 2.11. The van der Waals surface area contributed by atoms with E-state index < -0.39 is 0 Å². The summed E-state index contributed by atoms with van der Waals surface area (Å²) >= 11 is 6.07. The lowest BCUT2D eigenvalue weighted by Crippen LogP contribution is -2.03. The number of rotatable bonds is 4. The minimum absolute atomic E-state index is 0.0679. The maximum absolute atomic E-state index is 9.66. The molecule has 0 amide bonds. The number of H-pyrrole nitrogens is 1. The number of hydrogen-bond donors (Lipinski definition) is 3. The van der Waals surface area contributed by atoms with E-state index in [1.165, 1.54) is 0 Å². The molecule has 0 atom stereocenters. The molecule has 3 N–H and O–H groups in total. The Morgan fingerprint density at radius 2 is 2.04 bits per heavy atom. The number of phenols is 1. The fourth-order valence-corrected chi connectivity index (χ4v) is 2.91. The number of aromatic hydroxyl groups is 1. The normalized spacial score (nSPS) is 10.9. The van der Waals surface area contributed by atoms with Gasteiger partial charge >= 0.3 is 0 Å². The number of aromatic amines is 1. The number of fused-ring (bicyclic) bond motifs is 1. The molecule has 0 aliphatic carbocycles. The summed E-state index contributed by atoms with van der Waals surface area (Å²) in [5, 5.41) is 14.3. The van der Waals surface area contributed by atoms with E-state index in [9.17, 15) is 5.11 Å². The molecule has 6 heteroatoms. The van der Waals surface area contributed by atoms with Crippen molar-refractivity contribution in [1.82, 2.24) is 15.0 Å². The fraction of sp³-hybridized carbons (Fsp3) is 0.0526. The molecule has 3 heterocycles. The first kappa shape index (κ1) is 15.5. The van der Waals surface area contributed by atoms with Gasteiger partial charge < -0.3 is 15.4 Å². The maximum Gasteiger partial charge on any atom is 0.140 e. The van der Waals surface area contributed by atoms with E-state index in [4.69, 9.17) is 11.6 Å². The Labute approximate surface area is 149 Å². The van der Waals surface area contributed by atoms with Crippen LogP contribution in [-0.2, 0) is 6.54 Å². The van der Waals surface area contributed by atoms with Crippen molar-refractivity contribution in [2.45, 2.75) is 6.54 Å². The Hall–Kier alpha value is -3.05. The van der Waals surface area contributed by atoms with Crippen molar-refractivity contribution in [2.24, 2.45) is 0 Å². The number of phenolic OH excluding ortho intramolecular Hbond substituents is 1. The molecule has 0 radical (unpaired) electrons. The summed E-state index contributed by atoms with van der Waals surface area (Å²) in [6.07, 6.45) is 3.62. The van der Waals surface area contributed by atoms with Gasteiger partial charge in [-0.2, -0.15) is 0 Å². The molecule has 5 nitrogen and oxygen atoms in total. The number of pyridine rings is 2. The van der Waals surface area contributed by atoms with Gasteiger partial charge in [0.15, 0.2) is 0 Å². The summed E-state index contributed by atoms with van der Waals surface area (Å²) in [5.74, 6) is 0.804. The van der Waals surface area contributed by atoms with Crippen molar-refractivity contribution in [3.05, 3.63) is 71.6 Å². The third-order valence-electron chi connectivity index (χ3n) is 3.96. The van der Waals surface area contributed by atoms with Crippen molar-refractivity contribution in [3.63, 3.8) is 0 Å². The third kappa shape index (κ3) is 3.14. The number of nitrogens with zero attached hydrogens (tertiary/aromatic N) is 2. The Kier molecular flexibility index (Phi) is 3.99. The standard InChI is InChI=1S/C19H15ClN4O/c20-16-9-12(4-5-17(16)25)15-10-18(24-19-14(15)6-8-22-19)23-11-13-3-1-2-7-21-13/h1-10,25H,11H2,(H2,22,23,24). The smallest absolute Gasteiger partial charge is 0.140 e. The van der Waals surface area contributed by atoms with E-state index in [2.05, 4.69) is 20.3 Å². The average molecular weight is 351 g/mol. The molecule has 0 saturated heterocycles. The van der Waals surface area contributed by atoms with Gasteiger partial charge in [0.2, 0.25) is 0 Å². The SMILES string of the molecule is Oc1ccc(-c2cc(NCc3ccccn3)nc3[nH]ccc23)cc1Cl. The second kappa shape index (κ2) is 6.45. The predicted octanol–water partition coefficient (Wildman–Crippen LogP) is 4.60. The topological polar surface area (TPSA) is 73.8 Å². The second-order valence-electron chi connectivity index (χ2n) is 5.64. The van der Waals surface area contributed by atoms with Crippen LogP contribution in [0.4, 0.5) is 5.82 Å². The molecule has 4 aromatic rings. The number of benzene rings is 1. The zero-order valence-electron chi connectivity index (χ0n) is 13.2. The highest BCUT2D eigenvalue weighted by molar-refractivity contribution is 6.32. The number of aromatic nitrogens is 3. The van der Waals surface area contributed by atoms with E-state index in [1.807, 2.05) is 42.6 Å². The van der Waals surface area contributed by atoms with E-state index in [0.717, 1.165) is 33.7 Å². The molecule has 4 rings (SSSR count). The number of hydrogen-bond acceptors (Lipinski definition) is 4. The van der Waals surface area contributed by atoms with Gasteiger partial charge in [0, 0.05) is 17.8 Å². The molecule has 0 bridgehead atoms. The van der Waals surface area contributed by atoms with E-state index in [0.29, 0.717) is 11.6 Å². The quantitative estimate of drug-likeness (QED) is 0.503. The van der Waals surface area contributed by atoms with Crippen LogP contribution in [0.1, 0.15) is 5.69 Å². The summed E-state index contributed by atoms with van der Waals surface area (Å²) in [7, 11) is 0. The number of halogens is 1. The van der Waals surface area contributed by atoms with Gasteiger partial charge in [-0.25, -0.2) is 4.98 Å². The van der Waals surface area contributed by atoms with Crippen molar-refractivity contribution in [3.8, 4) is 16.9 Å². The minimum atomic E-state index is 0.0679. The molecule has 0 fully saturated rings. The first-order chi connectivity index (χ1) is 12.2. The summed E-state index contributed by atoms with van der Waals surface area (Å²) in [6, 6.07) is 14.9. The molecule has 0 saturated carbocycles. The lowest BCUT2D eigenvalue weighted by molar-refractivity contribution is 0.475. The minimum Gasteiger partial charge on any atom is -0.506 e.